The third kappa shape index (κ3) is 6.32. The van der Waals surface area contributed by atoms with Crippen LogP contribution in [-0.2, 0) is 14.3 Å². The molecule has 6 heteroatoms. The summed E-state index contributed by atoms with van der Waals surface area (Å²) in [5, 5.41) is 11.4. The fourth-order valence-electron chi connectivity index (χ4n) is 2.07. The molecule has 0 aromatic heterocycles. The van der Waals surface area contributed by atoms with Crippen molar-refractivity contribution in [2.24, 2.45) is 0 Å². The molecule has 0 saturated heterocycles. The molecule has 2 N–H and O–H groups in total. The van der Waals surface area contributed by atoms with Gasteiger partial charge in [-0.25, -0.2) is 9.18 Å². The van der Waals surface area contributed by atoms with Gasteiger partial charge in [-0.15, -0.1) is 0 Å². The first-order valence-electron chi connectivity index (χ1n) is 6.90. The van der Waals surface area contributed by atoms with Crippen molar-refractivity contribution >= 4 is 11.9 Å². The van der Waals surface area contributed by atoms with Crippen molar-refractivity contribution < 1.29 is 23.8 Å². The Hall–Kier alpha value is -1.17. The van der Waals surface area contributed by atoms with Crippen molar-refractivity contribution in [1.82, 2.24) is 5.32 Å². The van der Waals surface area contributed by atoms with Gasteiger partial charge in [0.15, 0.2) is 0 Å². The molecular weight excluding hydrogens is 265 g/mol. The molecule has 1 aliphatic rings. The molecule has 116 valence electrons. The maximum atomic E-state index is 13.6. The number of alkyl halides is 1. The SMILES string of the molecule is C[C@H](CC(=O)N[C@@H](CC1(F)CC1)C(=O)O)OC(C)(C)C. The van der Waals surface area contributed by atoms with Crippen LogP contribution in [0, 0.1) is 0 Å². The number of ether oxygens (including phenoxy) is 1. The molecule has 0 radical (unpaired) electrons. The highest BCUT2D eigenvalue weighted by Crippen LogP contribution is 2.43. The summed E-state index contributed by atoms with van der Waals surface area (Å²) < 4.78 is 19.2. The second kappa shape index (κ2) is 6.08. The summed E-state index contributed by atoms with van der Waals surface area (Å²) >= 11 is 0. The van der Waals surface area contributed by atoms with E-state index >= 15 is 0 Å². The third-order valence-corrected chi connectivity index (χ3v) is 3.02. The number of carboxylic acid groups (broad SMARTS) is 1. The number of halogens is 1. The van der Waals surface area contributed by atoms with Crippen LogP contribution in [0.3, 0.4) is 0 Å². The number of hydrogen-bond acceptors (Lipinski definition) is 3. The van der Waals surface area contributed by atoms with Crippen molar-refractivity contribution in [3.05, 3.63) is 0 Å². The van der Waals surface area contributed by atoms with Crippen molar-refractivity contribution in [2.45, 2.75) is 76.8 Å². The van der Waals surface area contributed by atoms with Gasteiger partial charge in [0, 0.05) is 6.42 Å². The molecule has 2 atom stereocenters. The van der Waals surface area contributed by atoms with E-state index in [1.54, 1.807) is 6.92 Å². The van der Waals surface area contributed by atoms with Gasteiger partial charge in [0.1, 0.15) is 11.7 Å². The standard InChI is InChI=1S/C14H24FNO4/c1-9(20-13(2,3)4)7-11(17)16-10(12(18)19)8-14(15)5-6-14/h9-10H,5-8H2,1-4H3,(H,16,17)(H,18,19)/t9-,10+/m1/s1. The molecule has 0 bridgehead atoms. The van der Waals surface area contributed by atoms with Crippen molar-refractivity contribution in [3.8, 4) is 0 Å². The summed E-state index contributed by atoms with van der Waals surface area (Å²) in [6.45, 7) is 7.38. The third-order valence-electron chi connectivity index (χ3n) is 3.02. The van der Waals surface area contributed by atoms with Crippen molar-refractivity contribution in [3.63, 3.8) is 0 Å². The molecule has 1 rings (SSSR count). The van der Waals surface area contributed by atoms with E-state index < -0.39 is 23.6 Å². The number of carbonyl (C=O) groups excluding carboxylic acids is 1. The Labute approximate surface area is 118 Å². The zero-order chi connectivity index (χ0) is 15.6. The molecular formula is C14H24FNO4. The zero-order valence-corrected chi connectivity index (χ0v) is 12.5. The molecule has 1 aliphatic carbocycles. The second-order valence-corrected chi connectivity index (χ2v) is 6.56. The Morgan fingerprint density at radius 3 is 2.35 bits per heavy atom. The minimum atomic E-state index is -1.41. The van der Waals surface area contributed by atoms with Crippen LogP contribution >= 0.6 is 0 Å². The quantitative estimate of drug-likeness (QED) is 0.752. The van der Waals surface area contributed by atoms with Gasteiger partial charge >= 0.3 is 5.97 Å². The molecule has 0 unspecified atom stereocenters. The van der Waals surface area contributed by atoms with Crippen LogP contribution in [0.25, 0.3) is 0 Å². The van der Waals surface area contributed by atoms with E-state index in [1.165, 1.54) is 0 Å². The first-order chi connectivity index (χ1) is 9.01. The number of amides is 1. The Morgan fingerprint density at radius 2 is 1.95 bits per heavy atom. The topological polar surface area (TPSA) is 75.6 Å². The van der Waals surface area contributed by atoms with Gasteiger partial charge in [-0.1, -0.05) is 0 Å². The maximum Gasteiger partial charge on any atom is 0.326 e. The van der Waals surface area contributed by atoms with E-state index in [9.17, 15) is 14.0 Å². The Bertz CT molecular complexity index is 374. The van der Waals surface area contributed by atoms with Gasteiger partial charge < -0.3 is 15.2 Å². The van der Waals surface area contributed by atoms with Gasteiger partial charge in [0.25, 0.3) is 0 Å². The lowest BCUT2D eigenvalue weighted by atomic mass is 10.1. The summed E-state index contributed by atoms with van der Waals surface area (Å²) in [6, 6.07) is -1.17. The summed E-state index contributed by atoms with van der Waals surface area (Å²) in [7, 11) is 0. The van der Waals surface area contributed by atoms with Gasteiger partial charge in [-0.3, -0.25) is 4.79 Å². The summed E-state index contributed by atoms with van der Waals surface area (Å²) in [6.07, 6.45) is 0.305. The maximum absolute atomic E-state index is 13.6. The van der Waals surface area contributed by atoms with E-state index in [0.717, 1.165) is 0 Å². The fourth-order valence-corrected chi connectivity index (χ4v) is 2.07. The molecule has 0 spiro atoms. The molecule has 1 amide bonds. The minimum Gasteiger partial charge on any atom is -0.480 e. The van der Waals surface area contributed by atoms with E-state index in [0.29, 0.717) is 12.8 Å². The predicted molar refractivity (Wildman–Crippen MR) is 72.2 cm³/mol. The average molecular weight is 289 g/mol. The predicted octanol–water partition coefficient (Wildman–Crippen LogP) is 2.04. The Morgan fingerprint density at radius 1 is 1.40 bits per heavy atom. The largest absolute Gasteiger partial charge is 0.480 e. The number of aliphatic carboxylic acids is 1. The van der Waals surface area contributed by atoms with Crippen LogP contribution in [0.5, 0.6) is 0 Å². The number of carbonyl (C=O) groups is 2. The first-order valence-corrected chi connectivity index (χ1v) is 6.90. The Kier molecular flexibility index (Phi) is 5.13. The van der Waals surface area contributed by atoms with Crippen LogP contribution in [0.4, 0.5) is 4.39 Å². The number of rotatable bonds is 7. The van der Waals surface area contributed by atoms with Gasteiger partial charge in [0.2, 0.25) is 5.91 Å². The van der Waals surface area contributed by atoms with Gasteiger partial charge in [-0.05, 0) is 40.5 Å². The first kappa shape index (κ1) is 16.9. The lowest BCUT2D eigenvalue weighted by Gasteiger charge is -2.25. The van der Waals surface area contributed by atoms with E-state index in [2.05, 4.69) is 5.32 Å². The van der Waals surface area contributed by atoms with Crippen molar-refractivity contribution in [2.75, 3.05) is 0 Å². The highest BCUT2D eigenvalue weighted by atomic mass is 19.1. The number of carboxylic acids is 1. The molecule has 5 nitrogen and oxygen atoms in total. The van der Waals surface area contributed by atoms with E-state index in [1.807, 2.05) is 20.8 Å². The smallest absolute Gasteiger partial charge is 0.326 e. The van der Waals surface area contributed by atoms with E-state index in [-0.39, 0.29) is 24.5 Å². The molecule has 20 heavy (non-hydrogen) atoms. The lowest BCUT2D eigenvalue weighted by molar-refractivity contribution is -0.143. The second-order valence-electron chi connectivity index (χ2n) is 6.56. The van der Waals surface area contributed by atoms with Crippen molar-refractivity contribution in [1.29, 1.82) is 0 Å². The number of hydrogen-bond donors (Lipinski definition) is 2. The summed E-state index contributed by atoms with van der Waals surface area (Å²) in [4.78, 5) is 22.8. The van der Waals surface area contributed by atoms with Gasteiger partial charge in [-0.2, -0.15) is 0 Å². The summed E-state index contributed by atoms with van der Waals surface area (Å²) in [5.74, 6) is -1.63. The van der Waals surface area contributed by atoms with Crippen LogP contribution in [0.15, 0.2) is 0 Å². The molecule has 0 aromatic rings. The fraction of sp³-hybridized carbons (Fsp3) is 0.857. The van der Waals surface area contributed by atoms with Crippen LogP contribution in [0.2, 0.25) is 0 Å². The number of nitrogens with one attached hydrogen (secondary N) is 1. The highest BCUT2D eigenvalue weighted by Gasteiger charge is 2.46. The molecule has 1 fully saturated rings. The lowest BCUT2D eigenvalue weighted by Crippen LogP contribution is -2.44. The minimum absolute atomic E-state index is 0.0559. The Balaban J connectivity index is 2.43. The van der Waals surface area contributed by atoms with Crippen LogP contribution < -0.4 is 5.32 Å². The molecule has 0 aliphatic heterocycles. The molecule has 0 aromatic carbocycles. The average Bonchev–Trinajstić information content (AvgIpc) is 2.91. The van der Waals surface area contributed by atoms with E-state index in [4.69, 9.17) is 9.84 Å². The van der Waals surface area contributed by atoms with Gasteiger partial charge in [0.05, 0.1) is 18.1 Å². The summed E-state index contributed by atoms with van der Waals surface area (Å²) in [5.41, 5.74) is -1.78. The zero-order valence-electron chi connectivity index (χ0n) is 12.5. The van der Waals surface area contributed by atoms with Crippen LogP contribution in [0.1, 0.15) is 53.4 Å². The highest BCUT2D eigenvalue weighted by molar-refractivity contribution is 5.83. The molecule has 1 saturated carbocycles. The normalized spacial score (nSPS) is 20.1. The molecule has 0 heterocycles. The monoisotopic (exact) mass is 289 g/mol. The van der Waals surface area contributed by atoms with Crippen LogP contribution in [-0.4, -0.2) is 40.4 Å².